The molecule has 1 aliphatic heterocycles. The van der Waals surface area contributed by atoms with Crippen LogP contribution in [0.15, 0.2) is 0 Å². The molecule has 0 radical (unpaired) electrons. The van der Waals surface area contributed by atoms with E-state index in [1.807, 2.05) is 0 Å². The third-order valence-electron chi connectivity index (χ3n) is 3.14. The first-order chi connectivity index (χ1) is 8.11. The lowest BCUT2D eigenvalue weighted by Gasteiger charge is -2.21. The first-order valence-electron chi connectivity index (χ1n) is 6.68. The van der Waals surface area contributed by atoms with Crippen molar-refractivity contribution in [1.29, 1.82) is 0 Å². The van der Waals surface area contributed by atoms with Crippen molar-refractivity contribution in [3.05, 3.63) is 0 Å². The lowest BCUT2D eigenvalue weighted by Crippen LogP contribution is -2.34. The van der Waals surface area contributed by atoms with Crippen molar-refractivity contribution in [3.63, 3.8) is 0 Å². The molecule has 4 nitrogen and oxygen atoms in total. The number of hydrogen-bond donors (Lipinski definition) is 1. The minimum absolute atomic E-state index is 0.399. The fourth-order valence-electron chi connectivity index (χ4n) is 2.12. The van der Waals surface area contributed by atoms with Crippen molar-refractivity contribution in [1.82, 2.24) is 10.2 Å². The van der Waals surface area contributed by atoms with Gasteiger partial charge in [0.1, 0.15) is 0 Å². The van der Waals surface area contributed by atoms with Gasteiger partial charge in [0.15, 0.2) is 0 Å². The Bertz CT molecular complexity index is 200. The fraction of sp³-hybridized carbons (Fsp3) is 1.00. The average Bonchev–Trinajstić information content (AvgIpc) is 2.71. The highest BCUT2D eigenvalue weighted by atomic mass is 16.5. The summed E-state index contributed by atoms with van der Waals surface area (Å²) in [6.45, 7) is 8.11. The number of nitrogens with zero attached hydrogens (tertiary/aromatic N) is 1. The number of nitrogens with one attached hydrogen (secondary N) is 1. The molecule has 0 aliphatic carbocycles. The van der Waals surface area contributed by atoms with Crippen LogP contribution in [-0.4, -0.2) is 63.5 Å². The molecule has 1 fully saturated rings. The van der Waals surface area contributed by atoms with E-state index in [2.05, 4.69) is 31.1 Å². The molecule has 0 aromatic rings. The Morgan fingerprint density at radius 3 is 2.71 bits per heavy atom. The molecule has 0 amide bonds. The molecule has 2 atom stereocenters. The van der Waals surface area contributed by atoms with Crippen LogP contribution in [0.4, 0.5) is 0 Å². The second-order valence-corrected chi connectivity index (χ2v) is 5.28. The Hall–Kier alpha value is -0.160. The maximum atomic E-state index is 6.02. The van der Waals surface area contributed by atoms with Gasteiger partial charge in [-0.3, -0.25) is 0 Å². The standard InChI is InChI=1S/C13H28N2O2/c1-11(2)14-9-12-5-6-13(17-12)10-15(3)7-8-16-4/h11-14H,5-10H2,1-4H3. The van der Waals surface area contributed by atoms with Crippen LogP contribution in [-0.2, 0) is 9.47 Å². The SMILES string of the molecule is COCCN(C)CC1CCC(CNC(C)C)O1. The van der Waals surface area contributed by atoms with Crippen molar-refractivity contribution in [2.45, 2.75) is 44.9 Å². The minimum atomic E-state index is 0.399. The van der Waals surface area contributed by atoms with Crippen LogP contribution in [0.5, 0.6) is 0 Å². The number of methoxy groups -OCH3 is 1. The molecule has 102 valence electrons. The maximum absolute atomic E-state index is 6.02. The zero-order valence-electron chi connectivity index (χ0n) is 11.7. The van der Waals surface area contributed by atoms with Gasteiger partial charge in [-0.2, -0.15) is 0 Å². The first-order valence-corrected chi connectivity index (χ1v) is 6.68. The monoisotopic (exact) mass is 244 g/mol. The molecule has 0 spiro atoms. The van der Waals surface area contributed by atoms with Crippen molar-refractivity contribution >= 4 is 0 Å². The van der Waals surface area contributed by atoms with Crippen molar-refractivity contribution < 1.29 is 9.47 Å². The van der Waals surface area contributed by atoms with Crippen molar-refractivity contribution in [2.24, 2.45) is 0 Å². The highest BCUT2D eigenvalue weighted by Gasteiger charge is 2.25. The zero-order chi connectivity index (χ0) is 12.7. The van der Waals surface area contributed by atoms with Gasteiger partial charge in [-0.1, -0.05) is 13.8 Å². The first kappa shape index (κ1) is 14.9. The summed E-state index contributed by atoms with van der Waals surface area (Å²) in [7, 11) is 3.87. The number of hydrogen-bond acceptors (Lipinski definition) is 4. The zero-order valence-corrected chi connectivity index (χ0v) is 11.7. The van der Waals surface area contributed by atoms with Crippen LogP contribution in [0.25, 0.3) is 0 Å². The Balaban J connectivity index is 2.12. The highest BCUT2D eigenvalue weighted by Crippen LogP contribution is 2.19. The molecule has 0 aromatic carbocycles. The van der Waals surface area contributed by atoms with Crippen LogP contribution < -0.4 is 5.32 Å². The van der Waals surface area contributed by atoms with Gasteiger partial charge in [-0.25, -0.2) is 0 Å². The van der Waals surface area contributed by atoms with Crippen molar-refractivity contribution in [3.8, 4) is 0 Å². The molecule has 1 rings (SSSR count). The predicted molar refractivity (Wildman–Crippen MR) is 70.4 cm³/mol. The summed E-state index contributed by atoms with van der Waals surface area (Å²) in [5.41, 5.74) is 0. The molecule has 1 aliphatic rings. The molecule has 0 saturated carbocycles. The van der Waals surface area contributed by atoms with Gasteiger partial charge in [0.25, 0.3) is 0 Å². The summed E-state index contributed by atoms with van der Waals surface area (Å²) in [6, 6.07) is 0.544. The Kier molecular flexibility index (Phi) is 7.04. The maximum Gasteiger partial charge on any atom is 0.0707 e. The molecule has 0 bridgehead atoms. The van der Waals surface area contributed by atoms with E-state index in [0.29, 0.717) is 18.2 Å². The fourth-order valence-corrected chi connectivity index (χ4v) is 2.12. The molecule has 0 aromatic heterocycles. The molecule has 2 unspecified atom stereocenters. The third kappa shape index (κ3) is 6.36. The number of ether oxygens (including phenoxy) is 2. The predicted octanol–water partition coefficient (Wildman–Crippen LogP) is 1.11. The molecular formula is C13H28N2O2. The Morgan fingerprint density at radius 1 is 1.35 bits per heavy atom. The summed E-state index contributed by atoms with van der Waals surface area (Å²) in [5, 5.41) is 3.44. The van der Waals surface area contributed by atoms with E-state index in [-0.39, 0.29) is 0 Å². The lowest BCUT2D eigenvalue weighted by molar-refractivity contribution is 0.0234. The summed E-state index contributed by atoms with van der Waals surface area (Å²) in [5.74, 6) is 0. The van der Waals surface area contributed by atoms with Gasteiger partial charge in [0.05, 0.1) is 18.8 Å². The molecule has 1 saturated heterocycles. The van der Waals surface area contributed by atoms with E-state index in [1.54, 1.807) is 7.11 Å². The topological polar surface area (TPSA) is 33.7 Å². The Labute approximate surface area is 106 Å². The van der Waals surface area contributed by atoms with Crippen LogP contribution in [0.3, 0.4) is 0 Å². The lowest BCUT2D eigenvalue weighted by atomic mass is 10.2. The number of rotatable bonds is 8. The van der Waals surface area contributed by atoms with Gasteiger partial charge < -0.3 is 19.7 Å². The van der Waals surface area contributed by atoms with Crippen LogP contribution in [0, 0.1) is 0 Å². The Morgan fingerprint density at radius 2 is 2.06 bits per heavy atom. The summed E-state index contributed by atoms with van der Waals surface area (Å²) < 4.78 is 11.1. The second kappa shape index (κ2) is 8.03. The van der Waals surface area contributed by atoms with E-state index in [1.165, 1.54) is 12.8 Å². The molecule has 4 heteroatoms. The number of likely N-dealkylation sites (N-methyl/N-ethyl adjacent to an activating group) is 1. The van der Waals surface area contributed by atoms with E-state index in [0.717, 1.165) is 26.2 Å². The van der Waals surface area contributed by atoms with Gasteiger partial charge in [0.2, 0.25) is 0 Å². The normalized spacial score (nSPS) is 25.1. The smallest absolute Gasteiger partial charge is 0.0707 e. The highest BCUT2D eigenvalue weighted by molar-refractivity contribution is 4.77. The van der Waals surface area contributed by atoms with E-state index in [4.69, 9.17) is 9.47 Å². The molecule has 1 N–H and O–H groups in total. The average molecular weight is 244 g/mol. The van der Waals surface area contributed by atoms with Crippen molar-refractivity contribution in [2.75, 3.05) is 40.4 Å². The second-order valence-electron chi connectivity index (χ2n) is 5.28. The largest absolute Gasteiger partial charge is 0.383 e. The van der Waals surface area contributed by atoms with E-state index in [9.17, 15) is 0 Å². The summed E-state index contributed by atoms with van der Waals surface area (Å²) in [6.07, 6.45) is 3.17. The third-order valence-corrected chi connectivity index (χ3v) is 3.14. The van der Waals surface area contributed by atoms with E-state index < -0.39 is 0 Å². The van der Waals surface area contributed by atoms with Gasteiger partial charge in [0, 0.05) is 32.8 Å². The summed E-state index contributed by atoms with van der Waals surface area (Å²) >= 11 is 0. The van der Waals surface area contributed by atoms with Gasteiger partial charge >= 0.3 is 0 Å². The molecule has 1 heterocycles. The molecule has 17 heavy (non-hydrogen) atoms. The van der Waals surface area contributed by atoms with Crippen LogP contribution in [0.1, 0.15) is 26.7 Å². The van der Waals surface area contributed by atoms with Crippen LogP contribution in [0.2, 0.25) is 0 Å². The van der Waals surface area contributed by atoms with Gasteiger partial charge in [-0.05, 0) is 19.9 Å². The minimum Gasteiger partial charge on any atom is -0.383 e. The quantitative estimate of drug-likeness (QED) is 0.693. The van der Waals surface area contributed by atoms with Crippen LogP contribution >= 0.6 is 0 Å². The summed E-state index contributed by atoms with van der Waals surface area (Å²) in [4.78, 5) is 2.28. The van der Waals surface area contributed by atoms with E-state index >= 15 is 0 Å². The molecular weight excluding hydrogens is 216 g/mol. The van der Waals surface area contributed by atoms with Gasteiger partial charge in [-0.15, -0.1) is 0 Å².